The van der Waals surface area contributed by atoms with Gasteiger partial charge in [0.15, 0.2) is 6.10 Å². The molecule has 5 rings (SSSR count). The number of hydrogen-bond donors (Lipinski definition) is 0. The van der Waals surface area contributed by atoms with Gasteiger partial charge < -0.3 is 9.30 Å². The first kappa shape index (κ1) is 23.3. The molecule has 0 radical (unpaired) electrons. The molecule has 4 aromatic heterocycles. The van der Waals surface area contributed by atoms with Crippen LogP contribution in [0.2, 0.25) is 5.02 Å². The Morgan fingerprint density at radius 3 is 2.81 bits per heavy atom. The maximum absolute atomic E-state index is 12.8. The van der Waals surface area contributed by atoms with E-state index in [9.17, 15) is 10.1 Å². The Morgan fingerprint density at radius 2 is 2.03 bits per heavy atom. The summed E-state index contributed by atoms with van der Waals surface area (Å²) in [5, 5.41) is 15.0. The van der Waals surface area contributed by atoms with Crippen LogP contribution in [0, 0.1) is 18.3 Å². The predicted octanol–water partition coefficient (Wildman–Crippen LogP) is 4.58. The number of hydrogen-bond acceptors (Lipinski definition) is 6. The lowest BCUT2D eigenvalue weighted by atomic mass is 10.0. The largest absolute Gasteiger partial charge is 0.478 e. The van der Waals surface area contributed by atoms with Crippen molar-refractivity contribution >= 4 is 22.5 Å². The molecule has 0 amide bonds. The summed E-state index contributed by atoms with van der Waals surface area (Å²) in [5.74, 6) is 0.577. The van der Waals surface area contributed by atoms with Gasteiger partial charge in [-0.1, -0.05) is 29.8 Å². The number of rotatable bonds is 6. The Balaban J connectivity index is 1.68. The summed E-state index contributed by atoms with van der Waals surface area (Å²) in [5.41, 5.74) is 2.99. The lowest BCUT2D eigenvalue weighted by molar-refractivity contribution is 0.248. The van der Waals surface area contributed by atoms with Crippen molar-refractivity contribution < 1.29 is 4.74 Å². The molecule has 178 valence electrons. The van der Waals surface area contributed by atoms with Crippen LogP contribution in [0.3, 0.4) is 0 Å². The second kappa shape index (κ2) is 9.64. The first-order chi connectivity index (χ1) is 17.4. The summed E-state index contributed by atoms with van der Waals surface area (Å²) in [6.45, 7) is 1.95. The van der Waals surface area contributed by atoms with Crippen LogP contribution in [0.1, 0.15) is 34.2 Å². The van der Waals surface area contributed by atoms with Crippen molar-refractivity contribution in [2.45, 2.75) is 19.6 Å². The van der Waals surface area contributed by atoms with E-state index < -0.39 is 11.7 Å². The quantitative estimate of drug-likeness (QED) is 0.341. The Kier molecular flexibility index (Phi) is 6.23. The third-order valence-electron chi connectivity index (χ3n) is 5.81. The fourth-order valence-corrected chi connectivity index (χ4v) is 4.54. The van der Waals surface area contributed by atoms with Crippen molar-refractivity contribution in [2.24, 2.45) is 7.05 Å². The molecule has 0 spiro atoms. The molecule has 0 aliphatic carbocycles. The molecule has 5 aromatic rings. The third kappa shape index (κ3) is 4.44. The van der Waals surface area contributed by atoms with E-state index in [0.29, 0.717) is 33.2 Å². The molecule has 0 bridgehead atoms. The standard InChI is InChI=1S/C27H21ClN6O2/c1-17-12-21(28)24(22(32-17)16-34-11-5-8-19(13-29)27(34)35)26(20-14-31-33(2)15-20)36-23-9-3-6-18-7-4-10-30-25(18)23/h3-12,14-15,26H,16H2,1-2H3. The van der Waals surface area contributed by atoms with Crippen molar-refractivity contribution in [3.8, 4) is 11.8 Å². The molecule has 1 unspecified atom stereocenters. The summed E-state index contributed by atoms with van der Waals surface area (Å²) in [4.78, 5) is 22.0. The van der Waals surface area contributed by atoms with Gasteiger partial charge in [-0.3, -0.25) is 19.4 Å². The van der Waals surface area contributed by atoms with Crippen LogP contribution in [0.15, 0.2) is 78.1 Å². The van der Waals surface area contributed by atoms with E-state index >= 15 is 0 Å². The maximum Gasteiger partial charge on any atom is 0.268 e. The highest BCUT2D eigenvalue weighted by Crippen LogP contribution is 2.37. The Morgan fingerprint density at radius 1 is 1.19 bits per heavy atom. The zero-order chi connectivity index (χ0) is 25.2. The fraction of sp³-hybridized carbons (Fsp3) is 0.148. The highest BCUT2D eigenvalue weighted by Gasteiger charge is 2.27. The van der Waals surface area contributed by atoms with E-state index in [2.05, 4.69) is 10.1 Å². The molecular formula is C27H21ClN6O2. The maximum atomic E-state index is 12.8. The van der Waals surface area contributed by atoms with E-state index in [1.807, 2.05) is 56.6 Å². The Hall–Kier alpha value is -4.48. The first-order valence-electron chi connectivity index (χ1n) is 11.2. The van der Waals surface area contributed by atoms with Gasteiger partial charge in [-0.15, -0.1) is 0 Å². The number of fused-ring (bicyclic) bond motifs is 1. The van der Waals surface area contributed by atoms with Gasteiger partial charge in [0, 0.05) is 47.8 Å². The van der Waals surface area contributed by atoms with Crippen molar-refractivity contribution in [1.29, 1.82) is 5.26 Å². The molecule has 1 atom stereocenters. The number of para-hydroxylation sites is 1. The molecular weight excluding hydrogens is 476 g/mol. The number of halogens is 1. The zero-order valence-electron chi connectivity index (χ0n) is 19.6. The van der Waals surface area contributed by atoms with Crippen LogP contribution < -0.4 is 10.3 Å². The molecule has 0 N–H and O–H groups in total. The number of benzene rings is 1. The van der Waals surface area contributed by atoms with Crippen LogP contribution in [0.5, 0.6) is 5.75 Å². The smallest absolute Gasteiger partial charge is 0.268 e. The van der Waals surface area contributed by atoms with Crippen molar-refractivity contribution in [3.63, 3.8) is 0 Å². The summed E-state index contributed by atoms with van der Waals surface area (Å²) in [6, 6.07) is 16.4. The van der Waals surface area contributed by atoms with Gasteiger partial charge in [0.1, 0.15) is 22.9 Å². The van der Waals surface area contributed by atoms with E-state index in [-0.39, 0.29) is 12.1 Å². The Labute approximate surface area is 212 Å². The minimum atomic E-state index is -0.684. The van der Waals surface area contributed by atoms with Gasteiger partial charge in [0.05, 0.1) is 23.5 Å². The predicted molar refractivity (Wildman–Crippen MR) is 136 cm³/mol. The number of ether oxygens (including phenoxy) is 1. The van der Waals surface area contributed by atoms with Gasteiger partial charge >= 0.3 is 0 Å². The third-order valence-corrected chi connectivity index (χ3v) is 6.12. The van der Waals surface area contributed by atoms with Crippen molar-refractivity contribution in [1.82, 2.24) is 24.3 Å². The summed E-state index contributed by atoms with van der Waals surface area (Å²) in [6.07, 6.45) is 6.22. The first-order valence-corrected chi connectivity index (χ1v) is 11.6. The molecule has 0 saturated heterocycles. The molecule has 0 aliphatic rings. The fourth-order valence-electron chi connectivity index (χ4n) is 4.18. The molecule has 8 nitrogen and oxygen atoms in total. The van der Waals surface area contributed by atoms with E-state index in [1.54, 1.807) is 35.4 Å². The second-order valence-corrected chi connectivity index (χ2v) is 8.76. The monoisotopic (exact) mass is 496 g/mol. The van der Waals surface area contributed by atoms with Crippen LogP contribution >= 0.6 is 11.6 Å². The van der Waals surface area contributed by atoms with E-state index in [0.717, 1.165) is 10.9 Å². The molecule has 0 fully saturated rings. The number of aryl methyl sites for hydroxylation is 2. The molecule has 36 heavy (non-hydrogen) atoms. The lowest BCUT2D eigenvalue weighted by Crippen LogP contribution is -2.24. The number of nitriles is 1. The zero-order valence-corrected chi connectivity index (χ0v) is 20.3. The second-order valence-electron chi connectivity index (χ2n) is 8.35. The minimum Gasteiger partial charge on any atom is -0.478 e. The van der Waals surface area contributed by atoms with Gasteiger partial charge in [-0.2, -0.15) is 10.4 Å². The number of nitrogens with zero attached hydrogens (tertiary/aromatic N) is 6. The van der Waals surface area contributed by atoms with Crippen LogP contribution in [0.25, 0.3) is 10.9 Å². The topological polar surface area (TPSA) is 98.6 Å². The minimum absolute atomic E-state index is 0.0553. The summed E-state index contributed by atoms with van der Waals surface area (Å²) < 4.78 is 9.74. The SMILES string of the molecule is Cc1cc(Cl)c(C(Oc2cccc3cccnc23)c2cnn(C)c2)c(Cn2cccc(C#N)c2=O)n1. The van der Waals surface area contributed by atoms with Crippen LogP contribution in [-0.4, -0.2) is 24.3 Å². The molecule has 9 heteroatoms. The van der Waals surface area contributed by atoms with E-state index in [1.165, 1.54) is 10.6 Å². The highest BCUT2D eigenvalue weighted by molar-refractivity contribution is 6.31. The number of pyridine rings is 3. The molecule has 0 saturated carbocycles. The van der Waals surface area contributed by atoms with Crippen LogP contribution in [0.4, 0.5) is 0 Å². The molecule has 4 heterocycles. The Bertz CT molecular complexity index is 1680. The van der Waals surface area contributed by atoms with Gasteiger partial charge in [-0.25, -0.2) is 0 Å². The molecule has 0 aliphatic heterocycles. The summed E-state index contributed by atoms with van der Waals surface area (Å²) in [7, 11) is 1.82. The average Bonchev–Trinajstić information content (AvgIpc) is 3.30. The van der Waals surface area contributed by atoms with Gasteiger partial charge in [0.2, 0.25) is 0 Å². The summed E-state index contributed by atoms with van der Waals surface area (Å²) >= 11 is 6.83. The van der Waals surface area contributed by atoms with Crippen molar-refractivity contribution in [3.05, 3.63) is 117 Å². The van der Waals surface area contributed by atoms with Crippen LogP contribution in [-0.2, 0) is 13.6 Å². The number of aromatic nitrogens is 5. The van der Waals surface area contributed by atoms with E-state index in [4.69, 9.17) is 21.3 Å². The van der Waals surface area contributed by atoms with Gasteiger partial charge in [-0.05, 0) is 37.3 Å². The normalized spacial score (nSPS) is 11.8. The lowest BCUT2D eigenvalue weighted by Gasteiger charge is -2.23. The molecule has 1 aromatic carbocycles. The average molecular weight is 497 g/mol. The van der Waals surface area contributed by atoms with Gasteiger partial charge in [0.25, 0.3) is 5.56 Å². The van der Waals surface area contributed by atoms with Crippen molar-refractivity contribution in [2.75, 3.05) is 0 Å². The highest BCUT2D eigenvalue weighted by atomic mass is 35.5.